The first-order valence-corrected chi connectivity index (χ1v) is 6.30. The van der Waals surface area contributed by atoms with Gasteiger partial charge in [0.2, 0.25) is 11.8 Å². The van der Waals surface area contributed by atoms with Gasteiger partial charge in [-0.2, -0.15) is 0 Å². The minimum absolute atomic E-state index is 0.122. The predicted octanol–water partition coefficient (Wildman–Crippen LogP) is 1.79. The molecule has 4 nitrogen and oxygen atoms in total. The lowest BCUT2D eigenvalue weighted by Crippen LogP contribution is -2.35. The van der Waals surface area contributed by atoms with Crippen LogP contribution in [0.5, 0.6) is 0 Å². The molecule has 0 N–H and O–H groups in total. The van der Waals surface area contributed by atoms with Crippen LogP contribution in [-0.4, -0.2) is 23.0 Å². The largest absolute Gasteiger partial charge is 0.303 e. The molecule has 0 spiro atoms. The summed E-state index contributed by atoms with van der Waals surface area (Å²) in [5, 5.41) is 0. The number of hydrogen-bond donors (Lipinski definition) is 0. The van der Waals surface area contributed by atoms with Gasteiger partial charge in [-0.15, -0.1) is 0 Å². The first kappa shape index (κ1) is 13.5. The Morgan fingerprint density at radius 2 is 1.89 bits per heavy atom. The zero-order valence-electron chi connectivity index (χ0n) is 11.1. The third-order valence-electron chi connectivity index (χ3n) is 3.63. The van der Waals surface area contributed by atoms with Gasteiger partial charge in [-0.05, 0) is 5.56 Å². The van der Waals surface area contributed by atoms with E-state index in [0.717, 1.165) is 11.8 Å². The second kappa shape index (κ2) is 4.96. The maximum absolute atomic E-state index is 12.3. The number of rotatable bonds is 4. The molecule has 1 fully saturated rings. The molecular formula is C15H17NO3. The molecule has 1 atom stereocenters. The Hall–Kier alpha value is -1.97. The highest BCUT2D eigenvalue weighted by atomic mass is 16.2. The fourth-order valence-corrected chi connectivity index (χ4v) is 2.28. The van der Waals surface area contributed by atoms with Crippen LogP contribution in [0.4, 0.5) is 0 Å². The fourth-order valence-electron chi connectivity index (χ4n) is 2.28. The van der Waals surface area contributed by atoms with Gasteiger partial charge in [-0.3, -0.25) is 14.5 Å². The molecule has 4 heteroatoms. The molecule has 1 saturated heterocycles. The highest BCUT2D eigenvalue weighted by Gasteiger charge is 2.46. The van der Waals surface area contributed by atoms with Gasteiger partial charge in [0.15, 0.2) is 0 Å². The van der Waals surface area contributed by atoms with Crippen molar-refractivity contribution in [2.75, 3.05) is 0 Å². The SMILES string of the molecule is CC(C)(C=O)C1CC(=O)N(Cc2ccccc2)C1=O. The molecule has 1 heterocycles. The van der Waals surface area contributed by atoms with Crippen molar-refractivity contribution in [3.8, 4) is 0 Å². The molecule has 0 aliphatic carbocycles. The Kier molecular flexibility index (Phi) is 3.51. The van der Waals surface area contributed by atoms with E-state index in [1.807, 2.05) is 30.3 Å². The topological polar surface area (TPSA) is 54.5 Å². The molecule has 1 unspecified atom stereocenters. The molecule has 0 saturated carbocycles. The van der Waals surface area contributed by atoms with E-state index in [2.05, 4.69) is 0 Å². The first-order valence-electron chi connectivity index (χ1n) is 6.30. The van der Waals surface area contributed by atoms with Crippen molar-refractivity contribution in [2.45, 2.75) is 26.8 Å². The van der Waals surface area contributed by atoms with Gasteiger partial charge in [-0.25, -0.2) is 0 Å². The van der Waals surface area contributed by atoms with Crippen molar-refractivity contribution in [2.24, 2.45) is 11.3 Å². The lowest BCUT2D eigenvalue weighted by atomic mass is 9.79. The number of carbonyl (C=O) groups excluding carboxylic acids is 3. The van der Waals surface area contributed by atoms with Gasteiger partial charge in [0.25, 0.3) is 0 Å². The van der Waals surface area contributed by atoms with E-state index in [1.165, 1.54) is 4.90 Å². The minimum Gasteiger partial charge on any atom is -0.303 e. The second-order valence-corrected chi connectivity index (χ2v) is 5.50. The summed E-state index contributed by atoms with van der Waals surface area (Å²) in [5.74, 6) is -0.985. The summed E-state index contributed by atoms with van der Waals surface area (Å²) in [6.07, 6.45) is 0.881. The fraction of sp³-hybridized carbons (Fsp3) is 0.400. The van der Waals surface area contributed by atoms with Crippen LogP contribution in [0.2, 0.25) is 0 Å². The molecule has 0 aromatic heterocycles. The Morgan fingerprint density at radius 3 is 2.47 bits per heavy atom. The monoisotopic (exact) mass is 259 g/mol. The lowest BCUT2D eigenvalue weighted by Gasteiger charge is -2.23. The minimum atomic E-state index is -0.793. The first-order chi connectivity index (χ1) is 8.95. The van der Waals surface area contributed by atoms with Crippen molar-refractivity contribution in [3.63, 3.8) is 0 Å². The van der Waals surface area contributed by atoms with Crippen LogP contribution in [-0.2, 0) is 20.9 Å². The molecule has 0 radical (unpaired) electrons. The van der Waals surface area contributed by atoms with Crippen molar-refractivity contribution in [1.29, 1.82) is 0 Å². The molecule has 1 aliphatic rings. The zero-order valence-corrected chi connectivity index (χ0v) is 11.1. The summed E-state index contributed by atoms with van der Waals surface area (Å²) in [5.41, 5.74) is 0.117. The van der Waals surface area contributed by atoms with E-state index < -0.39 is 11.3 Å². The van der Waals surface area contributed by atoms with E-state index in [0.29, 0.717) is 0 Å². The van der Waals surface area contributed by atoms with Crippen LogP contribution >= 0.6 is 0 Å². The van der Waals surface area contributed by atoms with Gasteiger partial charge < -0.3 is 4.79 Å². The number of benzene rings is 1. The average molecular weight is 259 g/mol. The van der Waals surface area contributed by atoms with Gasteiger partial charge in [-0.1, -0.05) is 44.2 Å². The Labute approximate surface area is 112 Å². The van der Waals surface area contributed by atoms with E-state index in [-0.39, 0.29) is 24.8 Å². The van der Waals surface area contributed by atoms with Crippen molar-refractivity contribution in [1.82, 2.24) is 4.90 Å². The van der Waals surface area contributed by atoms with Gasteiger partial charge >= 0.3 is 0 Å². The van der Waals surface area contributed by atoms with Crippen LogP contribution in [0, 0.1) is 11.3 Å². The third kappa shape index (κ3) is 2.57. The average Bonchev–Trinajstić information content (AvgIpc) is 2.69. The van der Waals surface area contributed by atoms with Gasteiger partial charge in [0.05, 0.1) is 12.5 Å². The maximum atomic E-state index is 12.3. The van der Waals surface area contributed by atoms with Crippen molar-refractivity contribution in [3.05, 3.63) is 35.9 Å². The zero-order chi connectivity index (χ0) is 14.0. The van der Waals surface area contributed by atoms with E-state index in [9.17, 15) is 14.4 Å². The summed E-state index contributed by atoms with van der Waals surface area (Å²) < 4.78 is 0. The standard InChI is InChI=1S/C15H17NO3/c1-15(2,10-17)12-8-13(18)16(14(12)19)9-11-6-4-3-5-7-11/h3-7,10,12H,8-9H2,1-2H3. The van der Waals surface area contributed by atoms with Crippen LogP contribution in [0.3, 0.4) is 0 Å². The van der Waals surface area contributed by atoms with Crippen LogP contribution < -0.4 is 0 Å². The molecule has 2 rings (SSSR count). The van der Waals surface area contributed by atoms with E-state index in [4.69, 9.17) is 0 Å². The van der Waals surface area contributed by atoms with Crippen molar-refractivity contribution >= 4 is 18.1 Å². The lowest BCUT2D eigenvalue weighted by molar-refractivity contribution is -0.142. The molecule has 1 aromatic rings. The Bertz CT molecular complexity index is 507. The van der Waals surface area contributed by atoms with Crippen LogP contribution in [0.25, 0.3) is 0 Å². The number of amides is 2. The van der Waals surface area contributed by atoms with Crippen molar-refractivity contribution < 1.29 is 14.4 Å². The van der Waals surface area contributed by atoms with Crippen LogP contribution in [0.15, 0.2) is 30.3 Å². The summed E-state index contributed by atoms with van der Waals surface area (Å²) in [4.78, 5) is 36.5. The third-order valence-corrected chi connectivity index (χ3v) is 3.63. The number of aldehydes is 1. The summed E-state index contributed by atoms with van der Waals surface area (Å²) >= 11 is 0. The summed E-state index contributed by atoms with van der Waals surface area (Å²) in [6.45, 7) is 3.67. The molecule has 1 aromatic carbocycles. The van der Waals surface area contributed by atoms with Gasteiger partial charge in [0, 0.05) is 11.8 Å². The second-order valence-electron chi connectivity index (χ2n) is 5.50. The highest BCUT2D eigenvalue weighted by molar-refractivity contribution is 6.04. The Morgan fingerprint density at radius 1 is 1.26 bits per heavy atom. The molecule has 1 aliphatic heterocycles. The molecule has 100 valence electrons. The number of hydrogen-bond acceptors (Lipinski definition) is 3. The molecular weight excluding hydrogens is 242 g/mol. The molecule has 19 heavy (non-hydrogen) atoms. The number of nitrogens with zero attached hydrogens (tertiary/aromatic N) is 1. The Balaban J connectivity index is 2.18. The molecule has 0 bridgehead atoms. The number of carbonyl (C=O) groups is 3. The predicted molar refractivity (Wildman–Crippen MR) is 70.0 cm³/mol. The summed E-state index contributed by atoms with van der Waals surface area (Å²) in [7, 11) is 0. The quantitative estimate of drug-likeness (QED) is 0.612. The highest BCUT2D eigenvalue weighted by Crippen LogP contribution is 2.34. The molecule has 2 amide bonds. The number of likely N-dealkylation sites (tertiary alicyclic amines) is 1. The van der Waals surface area contributed by atoms with E-state index >= 15 is 0 Å². The summed E-state index contributed by atoms with van der Waals surface area (Å²) in [6, 6.07) is 9.37. The van der Waals surface area contributed by atoms with Crippen LogP contribution in [0.1, 0.15) is 25.8 Å². The maximum Gasteiger partial charge on any atom is 0.234 e. The van der Waals surface area contributed by atoms with Gasteiger partial charge in [0.1, 0.15) is 6.29 Å². The normalized spacial score (nSPS) is 19.9. The van der Waals surface area contributed by atoms with E-state index in [1.54, 1.807) is 13.8 Å². The smallest absolute Gasteiger partial charge is 0.234 e. The number of imide groups is 1.